The maximum atomic E-state index is 6.73. The highest BCUT2D eigenvalue weighted by Gasteiger charge is 2.22. The second-order valence-electron chi connectivity index (χ2n) is 15.6. The van der Waals surface area contributed by atoms with Crippen molar-refractivity contribution in [3.05, 3.63) is 224 Å². The summed E-state index contributed by atoms with van der Waals surface area (Å²) in [5.74, 6) is 0. The summed E-state index contributed by atoms with van der Waals surface area (Å²) in [4.78, 5) is 2.37. The molecule has 11 aromatic carbocycles. The Balaban J connectivity index is 1.03. The fourth-order valence-corrected chi connectivity index (χ4v) is 9.45. The molecule has 0 bridgehead atoms. The van der Waals surface area contributed by atoms with Crippen molar-refractivity contribution in [3.63, 3.8) is 0 Å². The summed E-state index contributed by atoms with van der Waals surface area (Å²) in [6.45, 7) is 0. The van der Waals surface area contributed by atoms with Crippen molar-refractivity contribution in [3.8, 4) is 33.4 Å². The van der Waals surface area contributed by atoms with E-state index >= 15 is 0 Å². The van der Waals surface area contributed by atoms with Gasteiger partial charge in [0, 0.05) is 22.0 Å². The van der Waals surface area contributed by atoms with Gasteiger partial charge in [-0.05, 0) is 113 Å². The third-order valence-corrected chi connectivity index (χ3v) is 12.2. The Bertz CT molecular complexity index is 3570. The summed E-state index contributed by atoms with van der Waals surface area (Å²) in [7, 11) is 0. The molecule has 0 unspecified atom stereocenters. The predicted octanol–water partition coefficient (Wildman–Crippen LogP) is 16.7. The van der Waals surface area contributed by atoms with Crippen molar-refractivity contribution in [1.82, 2.24) is 0 Å². The maximum Gasteiger partial charge on any atom is 0.159 e. The van der Waals surface area contributed by atoms with Crippen LogP contribution in [0, 0.1) is 0 Å². The lowest BCUT2D eigenvalue weighted by Gasteiger charge is -2.28. The predicted molar refractivity (Wildman–Crippen MR) is 255 cm³/mol. The molecule has 0 radical (unpaired) electrons. The molecule has 0 amide bonds. The third kappa shape index (κ3) is 5.50. The lowest BCUT2D eigenvalue weighted by atomic mass is 9.92. The molecular formula is C58H37NO. The molecule has 60 heavy (non-hydrogen) atoms. The van der Waals surface area contributed by atoms with Crippen LogP contribution in [0.2, 0.25) is 0 Å². The Hall–Kier alpha value is -7.94. The van der Waals surface area contributed by atoms with Gasteiger partial charge in [0.2, 0.25) is 0 Å². The Kier molecular flexibility index (Phi) is 7.89. The molecule has 12 rings (SSSR count). The van der Waals surface area contributed by atoms with Crippen molar-refractivity contribution in [1.29, 1.82) is 0 Å². The fourth-order valence-electron chi connectivity index (χ4n) is 9.45. The summed E-state index contributed by atoms with van der Waals surface area (Å²) >= 11 is 0. The van der Waals surface area contributed by atoms with Crippen LogP contribution in [0.3, 0.4) is 0 Å². The molecule has 0 aliphatic heterocycles. The van der Waals surface area contributed by atoms with Gasteiger partial charge in [-0.1, -0.05) is 182 Å². The van der Waals surface area contributed by atoms with Crippen LogP contribution in [-0.4, -0.2) is 0 Å². The van der Waals surface area contributed by atoms with Gasteiger partial charge >= 0.3 is 0 Å². The zero-order chi connectivity index (χ0) is 39.6. The molecule has 0 saturated carbocycles. The molecule has 280 valence electrons. The highest BCUT2D eigenvalue weighted by Crippen LogP contribution is 2.46. The SMILES string of the molecule is c1cc(-c2ccccc2N(c2ccc(-c3ccc4c5ccccc5c5ccccc5c4c3)cc2)c2cccc3c2oc2ccccc23)cc(-c2cccc3ccccc23)c1. The van der Waals surface area contributed by atoms with E-state index in [4.69, 9.17) is 4.42 Å². The molecule has 12 aromatic rings. The molecule has 0 N–H and O–H groups in total. The summed E-state index contributed by atoms with van der Waals surface area (Å²) < 4.78 is 6.73. The van der Waals surface area contributed by atoms with Crippen LogP contribution in [0.4, 0.5) is 17.1 Å². The summed E-state index contributed by atoms with van der Waals surface area (Å²) in [5, 5.41) is 12.4. The van der Waals surface area contributed by atoms with Gasteiger partial charge < -0.3 is 9.32 Å². The number of para-hydroxylation sites is 3. The van der Waals surface area contributed by atoms with Crippen LogP contribution in [0.5, 0.6) is 0 Å². The van der Waals surface area contributed by atoms with Gasteiger partial charge in [0.15, 0.2) is 5.58 Å². The Morgan fingerprint density at radius 2 is 0.800 bits per heavy atom. The first-order chi connectivity index (χ1) is 29.8. The molecule has 0 saturated heterocycles. The number of furan rings is 1. The van der Waals surface area contributed by atoms with Gasteiger partial charge in [-0.25, -0.2) is 0 Å². The number of fused-ring (bicyclic) bond motifs is 10. The zero-order valence-electron chi connectivity index (χ0n) is 32.7. The van der Waals surface area contributed by atoms with Crippen molar-refractivity contribution in [2.45, 2.75) is 0 Å². The molecular weight excluding hydrogens is 727 g/mol. The molecule has 2 heteroatoms. The van der Waals surface area contributed by atoms with Crippen molar-refractivity contribution < 1.29 is 4.42 Å². The number of rotatable bonds is 6. The van der Waals surface area contributed by atoms with E-state index in [1.165, 1.54) is 59.8 Å². The van der Waals surface area contributed by atoms with Crippen LogP contribution >= 0.6 is 0 Å². The molecule has 1 heterocycles. The molecule has 1 aromatic heterocycles. The molecule has 0 aliphatic rings. The van der Waals surface area contributed by atoms with Gasteiger partial charge in [0.1, 0.15) is 5.58 Å². The van der Waals surface area contributed by atoms with Crippen molar-refractivity contribution in [2.24, 2.45) is 0 Å². The first-order valence-corrected chi connectivity index (χ1v) is 20.6. The Morgan fingerprint density at radius 3 is 1.58 bits per heavy atom. The van der Waals surface area contributed by atoms with Crippen LogP contribution in [0.25, 0.3) is 98.4 Å². The average Bonchev–Trinajstić information content (AvgIpc) is 3.71. The van der Waals surface area contributed by atoms with Gasteiger partial charge in [-0.2, -0.15) is 0 Å². The summed E-state index contributed by atoms with van der Waals surface area (Å²) in [5.41, 5.74) is 11.9. The van der Waals surface area contributed by atoms with E-state index < -0.39 is 0 Å². The van der Waals surface area contributed by atoms with E-state index in [-0.39, 0.29) is 0 Å². The molecule has 2 nitrogen and oxygen atoms in total. The van der Waals surface area contributed by atoms with E-state index in [1.807, 2.05) is 6.07 Å². The first-order valence-electron chi connectivity index (χ1n) is 20.6. The average molecular weight is 764 g/mol. The largest absolute Gasteiger partial charge is 0.454 e. The highest BCUT2D eigenvalue weighted by molar-refractivity contribution is 6.25. The van der Waals surface area contributed by atoms with Crippen LogP contribution in [0.1, 0.15) is 0 Å². The van der Waals surface area contributed by atoms with E-state index in [2.05, 4.69) is 223 Å². The van der Waals surface area contributed by atoms with Crippen LogP contribution in [0.15, 0.2) is 229 Å². The minimum absolute atomic E-state index is 0.857. The number of anilines is 3. The minimum atomic E-state index is 0.857. The third-order valence-electron chi connectivity index (χ3n) is 12.2. The zero-order valence-corrected chi connectivity index (χ0v) is 32.7. The molecule has 0 spiro atoms. The second-order valence-corrected chi connectivity index (χ2v) is 15.6. The quantitative estimate of drug-likeness (QED) is 0.157. The van der Waals surface area contributed by atoms with E-state index in [1.54, 1.807) is 0 Å². The summed E-state index contributed by atoms with van der Waals surface area (Å²) in [6, 6.07) is 81.2. The Labute approximate surface area is 347 Å². The molecule has 0 atom stereocenters. The number of hydrogen-bond donors (Lipinski definition) is 0. The topological polar surface area (TPSA) is 16.4 Å². The van der Waals surface area contributed by atoms with Gasteiger partial charge in [-0.15, -0.1) is 0 Å². The smallest absolute Gasteiger partial charge is 0.159 e. The molecule has 0 aliphatic carbocycles. The second kappa shape index (κ2) is 13.9. The monoisotopic (exact) mass is 763 g/mol. The fraction of sp³-hybridized carbons (Fsp3) is 0. The standard InChI is InChI=1S/C58H37NO/c1-2-18-44-39(14-1)15-12-25-45(44)41-16-11-17-42(36-41)46-19-7-9-27-55(46)59(56-28-13-26-53-52-24-8-10-29-57(52)60-58(53)56)43-33-30-38(31-34-43)40-32-35-51-49-22-4-3-20-47(49)48-21-5-6-23-50(48)54(51)37-40/h1-37H. The number of hydrogen-bond acceptors (Lipinski definition) is 2. The van der Waals surface area contributed by atoms with Gasteiger partial charge in [-0.3, -0.25) is 0 Å². The van der Waals surface area contributed by atoms with Crippen molar-refractivity contribution in [2.75, 3.05) is 4.90 Å². The lowest BCUT2D eigenvalue weighted by molar-refractivity contribution is 0.669. The van der Waals surface area contributed by atoms with Gasteiger partial charge in [0.05, 0.1) is 11.4 Å². The lowest BCUT2D eigenvalue weighted by Crippen LogP contribution is -2.11. The normalized spacial score (nSPS) is 11.7. The molecule has 0 fully saturated rings. The first kappa shape index (κ1) is 34.1. The number of nitrogens with zero attached hydrogens (tertiary/aromatic N) is 1. The minimum Gasteiger partial charge on any atom is -0.454 e. The van der Waals surface area contributed by atoms with E-state index in [0.717, 1.165) is 55.7 Å². The van der Waals surface area contributed by atoms with Crippen LogP contribution in [-0.2, 0) is 0 Å². The van der Waals surface area contributed by atoms with Gasteiger partial charge in [0.25, 0.3) is 0 Å². The van der Waals surface area contributed by atoms with Crippen molar-refractivity contribution >= 4 is 82.1 Å². The number of benzene rings is 11. The van der Waals surface area contributed by atoms with E-state index in [9.17, 15) is 0 Å². The van der Waals surface area contributed by atoms with Crippen LogP contribution < -0.4 is 4.90 Å². The summed E-state index contributed by atoms with van der Waals surface area (Å²) in [6.07, 6.45) is 0. The van der Waals surface area contributed by atoms with E-state index in [0.29, 0.717) is 0 Å². The Morgan fingerprint density at radius 1 is 0.283 bits per heavy atom. The maximum absolute atomic E-state index is 6.73. The highest BCUT2D eigenvalue weighted by atomic mass is 16.3.